The van der Waals surface area contributed by atoms with Crippen molar-refractivity contribution in [2.45, 2.75) is 33.4 Å². The van der Waals surface area contributed by atoms with Gasteiger partial charge in [0.1, 0.15) is 5.70 Å². The molecule has 1 aliphatic heterocycles. The first-order valence-corrected chi connectivity index (χ1v) is 10.6. The molecule has 2 amide bonds. The second-order valence-electron chi connectivity index (χ2n) is 7.71. The van der Waals surface area contributed by atoms with Crippen LogP contribution in [0.5, 0.6) is 0 Å². The molecule has 0 N–H and O–H groups in total. The van der Waals surface area contributed by atoms with Crippen LogP contribution in [0.15, 0.2) is 60.3 Å². The number of hydrogen-bond donors (Lipinski definition) is 0. The maximum atomic E-state index is 13.4. The highest BCUT2D eigenvalue weighted by Crippen LogP contribution is 2.33. The second kappa shape index (κ2) is 10.2. The van der Waals surface area contributed by atoms with E-state index in [1.54, 1.807) is 0 Å². The fourth-order valence-corrected chi connectivity index (χ4v) is 3.60. The van der Waals surface area contributed by atoms with Crippen molar-refractivity contribution in [2.75, 3.05) is 19.7 Å². The van der Waals surface area contributed by atoms with Gasteiger partial charge in [-0.05, 0) is 44.0 Å². The SMILES string of the molecule is CCN(Cc1ccccc1)C1=C(c2ccc([N+](=O)[O-])cc2)C(=O)N(CCOC(C)C)C1=O. The van der Waals surface area contributed by atoms with Crippen LogP contribution >= 0.6 is 0 Å². The van der Waals surface area contributed by atoms with Crippen LogP contribution < -0.4 is 0 Å². The number of imide groups is 1. The molecule has 0 radical (unpaired) electrons. The number of likely N-dealkylation sites (N-methyl/N-ethyl adjacent to an activating group) is 1. The second-order valence-corrected chi connectivity index (χ2v) is 7.71. The summed E-state index contributed by atoms with van der Waals surface area (Å²) >= 11 is 0. The van der Waals surface area contributed by atoms with E-state index in [0.717, 1.165) is 5.56 Å². The van der Waals surface area contributed by atoms with E-state index in [-0.39, 0.29) is 36.4 Å². The van der Waals surface area contributed by atoms with Gasteiger partial charge in [-0.15, -0.1) is 0 Å². The summed E-state index contributed by atoms with van der Waals surface area (Å²) in [6.45, 7) is 7.04. The van der Waals surface area contributed by atoms with Gasteiger partial charge in [0.05, 0.1) is 29.8 Å². The lowest BCUT2D eigenvalue weighted by Gasteiger charge is -2.25. The number of nitro benzene ring substituents is 1. The van der Waals surface area contributed by atoms with Gasteiger partial charge in [0.15, 0.2) is 0 Å². The van der Waals surface area contributed by atoms with E-state index in [9.17, 15) is 19.7 Å². The van der Waals surface area contributed by atoms with E-state index in [1.165, 1.54) is 29.2 Å². The molecule has 0 aromatic heterocycles. The van der Waals surface area contributed by atoms with Crippen LogP contribution in [-0.2, 0) is 20.9 Å². The smallest absolute Gasteiger partial charge is 0.277 e. The van der Waals surface area contributed by atoms with Gasteiger partial charge >= 0.3 is 0 Å². The summed E-state index contributed by atoms with van der Waals surface area (Å²) in [6.07, 6.45) is -0.0189. The van der Waals surface area contributed by atoms with E-state index in [2.05, 4.69) is 0 Å². The van der Waals surface area contributed by atoms with Gasteiger partial charge in [-0.25, -0.2) is 0 Å². The number of hydrogen-bond acceptors (Lipinski definition) is 6. The van der Waals surface area contributed by atoms with Crippen LogP contribution in [0, 0.1) is 10.1 Å². The Labute approximate surface area is 187 Å². The molecule has 168 valence electrons. The Morgan fingerprint density at radius 3 is 2.25 bits per heavy atom. The lowest BCUT2D eigenvalue weighted by atomic mass is 10.0. The third kappa shape index (κ3) is 5.03. The Kier molecular flexibility index (Phi) is 7.37. The van der Waals surface area contributed by atoms with Crippen LogP contribution in [0.3, 0.4) is 0 Å². The Hall–Kier alpha value is -3.52. The number of benzene rings is 2. The highest BCUT2D eigenvalue weighted by molar-refractivity contribution is 6.35. The lowest BCUT2D eigenvalue weighted by molar-refractivity contribution is -0.384. The molecule has 0 unspecified atom stereocenters. The molecule has 3 rings (SSSR count). The minimum absolute atomic E-state index is 0.0189. The monoisotopic (exact) mass is 437 g/mol. The molecule has 0 aliphatic carbocycles. The van der Waals surface area contributed by atoms with Crippen molar-refractivity contribution < 1.29 is 19.2 Å². The number of amides is 2. The zero-order valence-corrected chi connectivity index (χ0v) is 18.5. The van der Waals surface area contributed by atoms with Crippen molar-refractivity contribution in [2.24, 2.45) is 0 Å². The number of carbonyl (C=O) groups excluding carboxylic acids is 2. The molecule has 32 heavy (non-hydrogen) atoms. The normalized spacial score (nSPS) is 13.9. The molecule has 0 saturated heterocycles. The number of carbonyl (C=O) groups is 2. The van der Waals surface area contributed by atoms with Crippen LogP contribution in [0.2, 0.25) is 0 Å². The van der Waals surface area contributed by atoms with Crippen LogP contribution in [-0.4, -0.2) is 52.3 Å². The van der Waals surface area contributed by atoms with Gasteiger partial charge in [-0.2, -0.15) is 0 Å². The summed E-state index contributed by atoms with van der Waals surface area (Å²) in [5, 5.41) is 11.0. The molecule has 0 bridgehead atoms. The standard InChI is InChI=1S/C24H27N3O5/c1-4-25(16-18-8-6-5-7-9-18)22-21(19-10-12-20(13-11-19)27(30)31)23(28)26(24(22)29)14-15-32-17(2)3/h5-13,17H,4,14-16H2,1-3H3. The summed E-state index contributed by atoms with van der Waals surface area (Å²) < 4.78 is 5.55. The maximum Gasteiger partial charge on any atom is 0.277 e. The van der Waals surface area contributed by atoms with Crippen molar-refractivity contribution in [3.63, 3.8) is 0 Å². The molecule has 0 fully saturated rings. The first-order valence-electron chi connectivity index (χ1n) is 10.6. The van der Waals surface area contributed by atoms with Gasteiger partial charge in [-0.1, -0.05) is 30.3 Å². The summed E-state index contributed by atoms with van der Waals surface area (Å²) in [5.41, 5.74) is 1.97. The van der Waals surface area contributed by atoms with E-state index in [1.807, 2.05) is 56.0 Å². The molecule has 1 aliphatic rings. The Morgan fingerprint density at radius 2 is 1.69 bits per heavy atom. The topological polar surface area (TPSA) is 93.0 Å². The fourth-order valence-electron chi connectivity index (χ4n) is 3.60. The largest absolute Gasteiger partial charge is 0.377 e. The molecule has 0 atom stereocenters. The lowest BCUT2D eigenvalue weighted by Crippen LogP contribution is -2.37. The summed E-state index contributed by atoms with van der Waals surface area (Å²) in [5.74, 6) is -0.800. The van der Waals surface area contributed by atoms with Crippen molar-refractivity contribution in [3.05, 3.63) is 81.5 Å². The Bertz CT molecular complexity index is 1020. The molecule has 2 aromatic carbocycles. The maximum absolute atomic E-state index is 13.4. The van der Waals surface area contributed by atoms with Gasteiger partial charge in [0, 0.05) is 25.2 Å². The van der Waals surface area contributed by atoms with Crippen molar-refractivity contribution in [1.29, 1.82) is 0 Å². The Morgan fingerprint density at radius 1 is 1.03 bits per heavy atom. The summed E-state index contributed by atoms with van der Waals surface area (Å²) in [7, 11) is 0. The molecule has 8 heteroatoms. The van der Waals surface area contributed by atoms with E-state index in [4.69, 9.17) is 4.74 Å². The van der Waals surface area contributed by atoms with Gasteiger partial charge < -0.3 is 9.64 Å². The van der Waals surface area contributed by atoms with Gasteiger partial charge in [0.2, 0.25) is 0 Å². The van der Waals surface area contributed by atoms with E-state index < -0.39 is 10.8 Å². The predicted molar refractivity (Wildman–Crippen MR) is 120 cm³/mol. The van der Waals surface area contributed by atoms with Crippen LogP contribution in [0.4, 0.5) is 5.69 Å². The summed E-state index contributed by atoms with van der Waals surface area (Å²) in [6, 6.07) is 15.4. The zero-order chi connectivity index (χ0) is 23.3. The third-order valence-electron chi connectivity index (χ3n) is 5.19. The molecule has 1 heterocycles. The first kappa shape index (κ1) is 23.1. The average Bonchev–Trinajstić information content (AvgIpc) is 3.02. The molecular weight excluding hydrogens is 410 g/mol. The van der Waals surface area contributed by atoms with E-state index >= 15 is 0 Å². The summed E-state index contributed by atoms with van der Waals surface area (Å²) in [4.78, 5) is 40.3. The number of non-ortho nitro benzene ring substituents is 1. The molecular formula is C24H27N3O5. The highest BCUT2D eigenvalue weighted by Gasteiger charge is 2.41. The van der Waals surface area contributed by atoms with E-state index in [0.29, 0.717) is 24.4 Å². The van der Waals surface area contributed by atoms with Crippen LogP contribution in [0.25, 0.3) is 5.57 Å². The fraction of sp³-hybridized carbons (Fsp3) is 0.333. The first-order chi connectivity index (χ1) is 15.3. The zero-order valence-electron chi connectivity index (χ0n) is 18.5. The van der Waals surface area contributed by atoms with Crippen molar-refractivity contribution in [3.8, 4) is 0 Å². The molecule has 2 aromatic rings. The molecule has 0 saturated carbocycles. The van der Waals surface area contributed by atoms with Gasteiger partial charge in [0.25, 0.3) is 17.5 Å². The number of nitrogens with zero attached hydrogens (tertiary/aromatic N) is 3. The van der Waals surface area contributed by atoms with Crippen molar-refractivity contribution in [1.82, 2.24) is 9.80 Å². The highest BCUT2D eigenvalue weighted by atomic mass is 16.6. The predicted octanol–water partition coefficient (Wildman–Crippen LogP) is 3.62. The number of rotatable bonds is 10. The van der Waals surface area contributed by atoms with Crippen molar-refractivity contribution >= 4 is 23.1 Å². The molecule has 0 spiro atoms. The minimum Gasteiger partial charge on any atom is -0.377 e. The quantitative estimate of drug-likeness (QED) is 0.320. The third-order valence-corrected chi connectivity index (χ3v) is 5.19. The Balaban J connectivity index is 2.01. The number of nitro groups is 1. The molecule has 8 nitrogen and oxygen atoms in total. The van der Waals surface area contributed by atoms with Crippen LogP contribution in [0.1, 0.15) is 31.9 Å². The number of ether oxygens (including phenoxy) is 1. The van der Waals surface area contributed by atoms with Gasteiger partial charge in [-0.3, -0.25) is 24.6 Å². The minimum atomic E-state index is -0.496. The average molecular weight is 437 g/mol.